The predicted molar refractivity (Wildman–Crippen MR) is 94.9 cm³/mol. The van der Waals surface area contributed by atoms with Crippen molar-refractivity contribution in [2.45, 2.75) is 10.1 Å². The molecule has 0 bridgehead atoms. The first kappa shape index (κ1) is 15.3. The molecule has 0 saturated carbocycles. The minimum Gasteiger partial charge on any atom is -0.357 e. The first-order chi connectivity index (χ1) is 10.8. The van der Waals surface area contributed by atoms with Crippen LogP contribution < -0.4 is 5.32 Å². The van der Waals surface area contributed by atoms with Crippen molar-refractivity contribution in [1.82, 2.24) is 15.2 Å². The van der Waals surface area contributed by atoms with Crippen molar-refractivity contribution in [3.63, 3.8) is 0 Å². The van der Waals surface area contributed by atoms with Gasteiger partial charge in [0.2, 0.25) is 5.13 Å². The normalized spacial score (nSPS) is 10.8. The molecule has 0 aliphatic rings. The molecule has 2 aromatic heterocycles. The molecule has 3 rings (SSSR count). The van der Waals surface area contributed by atoms with Gasteiger partial charge in [-0.2, -0.15) is 0 Å². The molecule has 0 atom stereocenters. The van der Waals surface area contributed by atoms with E-state index in [1.54, 1.807) is 24.0 Å². The van der Waals surface area contributed by atoms with E-state index < -0.39 is 0 Å². The molecule has 0 amide bonds. The SMILES string of the molecule is C=CCNc1nnc(SCc2ccc(Cl)c3cccnc23)s1. The van der Waals surface area contributed by atoms with Gasteiger partial charge in [0.1, 0.15) is 0 Å². The number of thioether (sulfide) groups is 1. The van der Waals surface area contributed by atoms with Gasteiger partial charge in [-0.3, -0.25) is 4.98 Å². The summed E-state index contributed by atoms with van der Waals surface area (Å²) in [4.78, 5) is 4.45. The van der Waals surface area contributed by atoms with Crippen LogP contribution in [0.3, 0.4) is 0 Å². The Labute approximate surface area is 141 Å². The Morgan fingerprint density at radius 3 is 3.09 bits per heavy atom. The highest BCUT2D eigenvalue weighted by atomic mass is 35.5. The topological polar surface area (TPSA) is 50.7 Å². The highest BCUT2D eigenvalue weighted by molar-refractivity contribution is 8.00. The zero-order valence-electron chi connectivity index (χ0n) is 11.6. The monoisotopic (exact) mass is 348 g/mol. The molecule has 0 saturated heterocycles. The van der Waals surface area contributed by atoms with Gasteiger partial charge in [0.25, 0.3) is 0 Å². The van der Waals surface area contributed by atoms with Gasteiger partial charge in [0, 0.05) is 28.9 Å². The predicted octanol–water partition coefficient (Wildman–Crippen LogP) is 4.63. The highest BCUT2D eigenvalue weighted by Crippen LogP contribution is 2.32. The lowest BCUT2D eigenvalue weighted by molar-refractivity contribution is 1.01. The number of hydrogen-bond acceptors (Lipinski definition) is 6. The minimum atomic E-state index is 0.686. The van der Waals surface area contributed by atoms with Crippen molar-refractivity contribution >= 4 is 50.7 Å². The van der Waals surface area contributed by atoms with Crippen molar-refractivity contribution in [2.24, 2.45) is 0 Å². The molecule has 1 aromatic carbocycles. The molecule has 0 unspecified atom stereocenters. The number of nitrogens with one attached hydrogen (secondary N) is 1. The molecule has 0 radical (unpaired) electrons. The van der Waals surface area contributed by atoms with Crippen LogP contribution in [-0.2, 0) is 5.75 Å². The fourth-order valence-electron chi connectivity index (χ4n) is 1.95. The molecular formula is C15H13ClN4S2. The number of nitrogens with zero attached hydrogens (tertiary/aromatic N) is 3. The van der Waals surface area contributed by atoms with Crippen molar-refractivity contribution in [3.8, 4) is 0 Å². The summed E-state index contributed by atoms with van der Waals surface area (Å²) in [5.74, 6) is 0.779. The quantitative estimate of drug-likeness (QED) is 0.520. The van der Waals surface area contributed by atoms with Crippen molar-refractivity contribution in [3.05, 3.63) is 53.7 Å². The van der Waals surface area contributed by atoms with Gasteiger partial charge in [0.15, 0.2) is 4.34 Å². The lowest BCUT2D eigenvalue weighted by atomic mass is 10.1. The summed E-state index contributed by atoms with van der Waals surface area (Å²) in [6.45, 7) is 4.35. The van der Waals surface area contributed by atoms with Gasteiger partial charge in [-0.1, -0.05) is 46.8 Å². The molecule has 112 valence electrons. The Morgan fingerprint density at radius 2 is 2.23 bits per heavy atom. The van der Waals surface area contributed by atoms with Gasteiger partial charge in [-0.05, 0) is 23.8 Å². The maximum Gasteiger partial charge on any atom is 0.206 e. The lowest BCUT2D eigenvalue weighted by Gasteiger charge is -2.05. The molecule has 0 aliphatic carbocycles. The van der Waals surface area contributed by atoms with E-state index >= 15 is 0 Å². The van der Waals surface area contributed by atoms with Crippen LogP contribution in [0.1, 0.15) is 5.56 Å². The highest BCUT2D eigenvalue weighted by Gasteiger charge is 2.09. The molecule has 3 aromatic rings. The average molecular weight is 349 g/mol. The van der Waals surface area contributed by atoms with Gasteiger partial charge in [-0.15, -0.1) is 16.8 Å². The minimum absolute atomic E-state index is 0.686. The van der Waals surface area contributed by atoms with Crippen molar-refractivity contribution in [1.29, 1.82) is 0 Å². The Bertz CT molecular complexity index is 803. The van der Waals surface area contributed by atoms with E-state index in [9.17, 15) is 0 Å². The Hall–Kier alpha value is -1.63. The number of benzene rings is 1. The van der Waals surface area contributed by atoms with Crippen LogP contribution in [0.15, 0.2) is 47.5 Å². The molecule has 0 fully saturated rings. The van der Waals surface area contributed by atoms with Crippen LogP contribution in [0.2, 0.25) is 5.02 Å². The molecule has 0 spiro atoms. The smallest absolute Gasteiger partial charge is 0.206 e. The summed E-state index contributed by atoms with van der Waals surface area (Å²) < 4.78 is 0.922. The van der Waals surface area contributed by atoms with Crippen LogP contribution in [0.25, 0.3) is 10.9 Å². The first-order valence-corrected chi connectivity index (χ1v) is 8.79. The van der Waals surface area contributed by atoms with Crippen molar-refractivity contribution < 1.29 is 0 Å². The summed E-state index contributed by atoms with van der Waals surface area (Å²) in [5.41, 5.74) is 2.08. The first-order valence-electron chi connectivity index (χ1n) is 6.61. The number of anilines is 1. The van der Waals surface area contributed by atoms with Crippen LogP contribution in [0.5, 0.6) is 0 Å². The zero-order valence-corrected chi connectivity index (χ0v) is 14.0. The van der Waals surface area contributed by atoms with Gasteiger partial charge in [0.05, 0.1) is 5.52 Å². The summed E-state index contributed by atoms with van der Waals surface area (Å²) in [7, 11) is 0. The van der Waals surface area contributed by atoms with Gasteiger partial charge < -0.3 is 5.32 Å². The number of hydrogen-bond donors (Lipinski definition) is 1. The second kappa shape index (κ2) is 7.09. The van der Waals surface area contributed by atoms with Crippen LogP contribution >= 0.6 is 34.7 Å². The maximum absolute atomic E-state index is 6.21. The van der Waals surface area contributed by atoms with E-state index in [1.165, 1.54) is 11.3 Å². The maximum atomic E-state index is 6.21. The lowest BCUT2D eigenvalue weighted by Crippen LogP contribution is -1.96. The van der Waals surface area contributed by atoms with E-state index in [0.717, 1.165) is 36.7 Å². The second-order valence-corrected chi connectivity index (χ2v) is 7.04. The number of halogens is 1. The molecule has 2 heterocycles. The van der Waals surface area contributed by atoms with Crippen molar-refractivity contribution in [2.75, 3.05) is 11.9 Å². The number of pyridine rings is 1. The molecular weight excluding hydrogens is 336 g/mol. The summed E-state index contributed by atoms with van der Waals surface area (Å²) in [5, 5.41) is 13.9. The van der Waals surface area contributed by atoms with Gasteiger partial charge in [-0.25, -0.2) is 0 Å². The summed E-state index contributed by atoms with van der Waals surface area (Å²) >= 11 is 9.40. The third-order valence-electron chi connectivity index (χ3n) is 2.96. The van der Waals surface area contributed by atoms with Gasteiger partial charge >= 0.3 is 0 Å². The third-order valence-corrected chi connectivity index (χ3v) is 5.35. The molecule has 1 N–H and O–H groups in total. The summed E-state index contributed by atoms with van der Waals surface area (Å²) in [6.07, 6.45) is 3.58. The molecule has 7 heteroatoms. The van der Waals surface area contributed by atoms with E-state index in [0.29, 0.717) is 6.54 Å². The summed E-state index contributed by atoms with van der Waals surface area (Å²) in [6, 6.07) is 7.82. The molecule has 22 heavy (non-hydrogen) atoms. The Morgan fingerprint density at radius 1 is 1.32 bits per heavy atom. The van der Waals surface area contributed by atoms with E-state index in [2.05, 4.69) is 27.1 Å². The van der Waals surface area contributed by atoms with Crippen LogP contribution in [0, 0.1) is 0 Å². The average Bonchev–Trinajstić information content (AvgIpc) is 3.00. The number of fused-ring (bicyclic) bond motifs is 1. The third kappa shape index (κ3) is 3.40. The standard InChI is InChI=1S/C15H13ClN4S2/c1-2-7-18-14-19-20-15(22-14)21-9-10-5-6-12(16)11-4-3-8-17-13(10)11/h2-6,8H,1,7,9H2,(H,18,19). The van der Waals surface area contributed by atoms with Crippen LogP contribution in [0.4, 0.5) is 5.13 Å². The fourth-order valence-corrected chi connectivity index (χ4v) is 3.91. The van der Waals surface area contributed by atoms with Crippen LogP contribution in [-0.4, -0.2) is 21.7 Å². The molecule has 0 aliphatic heterocycles. The zero-order chi connectivity index (χ0) is 15.4. The van der Waals surface area contributed by atoms with E-state index in [1.807, 2.05) is 24.3 Å². The van der Waals surface area contributed by atoms with E-state index in [-0.39, 0.29) is 0 Å². The number of rotatable bonds is 6. The second-order valence-electron chi connectivity index (χ2n) is 4.44. The molecule has 4 nitrogen and oxygen atoms in total. The fraction of sp³-hybridized carbons (Fsp3) is 0.133. The Balaban J connectivity index is 1.75. The largest absolute Gasteiger partial charge is 0.357 e. The Kier molecular flexibility index (Phi) is 4.92. The van der Waals surface area contributed by atoms with E-state index in [4.69, 9.17) is 11.6 Å². The number of aromatic nitrogens is 3.